The van der Waals surface area contributed by atoms with Gasteiger partial charge in [-0.05, 0) is 53.5 Å². The molecule has 1 fully saturated rings. The Morgan fingerprint density at radius 3 is 2.68 bits per heavy atom. The zero-order chi connectivity index (χ0) is 25.9. The Labute approximate surface area is 221 Å². The van der Waals surface area contributed by atoms with E-state index in [2.05, 4.69) is 43.4 Å². The van der Waals surface area contributed by atoms with Crippen LogP contribution in [0.1, 0.15) is 74.5 Å². The van der Waals surface area contributed by atoms with E-state index in [0.717, 1.165) is 41.6 Å². The number of H-pyrrole nitrogens is 1. The smallest absolute Gasteiger partial charge is 0.252 e. The highest BCUT2D eigenvalue weighted by Crippen LogP contribution is 2.35. The van der Waals surface area contributed by atoms with E-state index in [9.17, 15) is 4.79 Å². The molecular formula is C28H33N7O3. The molecule has 2 aliphatic rings. The summed E-state index contributed by atoms with van der Waals surface area (Å²) in [4.78, 5) is 23.0. The number of fused-ring (bicyclic) bond motifs is 2. The van der Waals surface area contributed by atoms with Crippen LogP contribution in [0.15, 0.2) is 47.5 Å². The van der Waals surface area contributed by atoms with Gasteiger partial charge in [-0.15, -0.1) is 5.10 Å². The highest BCUT2D eigenvalue weighted by atomic mass is 16.6. The minimum absolute atomic E-state index is 0.0671. The van der Waals surface area contributed by atoms with Gasteiger partial charge in [-0.1, -0.05) is 32.3 Å². The van der Waals surface area contributed by atoms with Crippen LogP contribution in [-0.2, 0) is 13.1 Å². The molecule has 1 saturated carbocycles. The third kappa shape index (κ3) is 5.00. The zero-order valence-corrected chi connectivity index (χ0v) is 21.7. The number of rotatable bonds is 8. The second kappa shape index (κ2) is 10.9. The van der Waals surface area contributed by atoms with Crippen molar-refractivity contribution in [3.63, 3.8) is 0 Å². The Balaban J connectivity index is 1.37. The van der Waals surface area contributed by atoms with E-state index in [-0.39, 0.29) is 11.6 Å². The van der Waals surface area contributed by atoms with Crippen molar-refractivity contribution in [2.24, 2.45) is 0 Å². The number of tetrazole rings is 1. The van der Waals surface area contributed by atoms with Crippen molar-refractivity contribution < 1.29 is 9.47 Å². The fourth-order valence-electron chi connectivity index (χ4n) is 5.74. The average Bonchev–Trinajstić information content (AvgIpc) is 3.43. The van der Waals surface area contributed by atoms with Crippen LogP contribution in [0.4, 0.5) is 0 Å². The zero-order valence-electron chi connectivity index (χ0n) is 21.7. The first-order chi connectivity index (χ1) is 18.7. The van der Waals surface area contributed by atoms with E-state index in [0.29, 0.717) is 49.4 Å². The summed E-state index contributed by atoms with van der Waals surface area (Å²) in [7, 11) is 0. The number of pyridine rings is 2. The number of hydrogen-bond donors (Lipinski definition) is 1. The van der Waals surface area contributed by atoms with Gasteiger partial charge in [0.25, 0.3) is 5.56 Å². The van der Waals surface area contributed by atoms with Crippen molar-refractivity contribution in [1.82, 2.24) is 35.1 Å². The molecule has 1 atom stereocenters. The lowest BCUT2D eigenvalue weighted by atomic mass is 9.95. The maximum atomic E-state index is 13.3. The molecule has 198 valence electrons. The molecule has 1 aliphatic carbocycles. The first-order valence-corrected chi connectivity index (χ1v) is 13.6. The van der Waals surface area contributed by atoms with Crippen molar-refractivity contribution in [2.45, 2.75) is 70.6 Å². The van der Waals surface area contributed by atoms with Crippen LogP contribution in [0.3, 0.4) is 0 Å². The van der Waals surface area contributed by atoms with Crippen molar-refractivity contribution >= 4 is 10.9 Å². The van der Waals surface area contributed by atoms with Crippen molar-refractivity contribution in [3.8, 4) is 11.5 Å². The molecule has 38 heavy (non-hydrogen) atoms. The van der Waals surface area contributed by atoms with Gasteiger partial charge in [0.05, 0.1) is 17.6 Å². The van der Waals surface area contributed by atoms with Crippen LogP contribution in [0.2, 0.25) is 0 Å². The maximum Gasteiger partial charge on any atom is 0.252 e. The van der Waals surface area contributed by atoms with E-state index in [1.807, 2.05) is 35.1 Å². The standard InChI is InChI=1S/C28H33N7O3/c1-2-24(27-31-32-33-35(27)22-8-4-3-5-9-22)34(17-19-7-6-10-29-16-19)18-21-13-20-14-25-26(38-12-11-37-25)15-23(20)30-28(21)36/h6-7,10,13-16,22,24H,2-5,8-9,11-12,17-18H2,1H3,(H,30,36)/t24-/m0/s1. The summed E-state index contributed by atoms with van der Waals surface area (Å²) in [5, 5.41) is 13.9. The van der Waals surface area contributed by atoms with Crippen LogP contribution in [0.25, 0.3) is 10.9 Å². The topological polar surface area (TPSA) is 111 Å². The van der Waals surface area contributed by atoms with Crippen LogP contribution < -0.4 is 15.0 Å². The molecule has 0 saturated heterocycles. The van der Waals surface area contributed by atoms with Gasteiger partial charge in [-0.2, -0.15) is 0 Å². The van der Waals surface area contributed by atoms with Gasteiger partial charge < -0.3 is 14.5 Å². The third-order valence-corrected chi connectivity index (χ3v) is 7.63. The fourth-order valence-corrected chi connectivity index (χ4v) is 5.74. The highest BCUT2D eigenvalue weighted by Gasteiger charge is 2.29. The molecule has 10 nitrogen and oxygen atoms in total. The lowest BCUT2D eigenvalue weighted by molar-refractivity contribution is 0.155. The first kappa shape index (κ1) is 24.5. The Bertz CT molecular complexity index is 1450. The third-order valence-electron chi connectivity index (χ3n) is 7.63. The molecule has 0 radical (unpaired) electrons. The van der Waals surface area contributed by atoms with Crippen LogP contribution in [0.5, 0.6) is 11.5 Å². The summed E-state index contributed by atoms with van der Waals surface area (Å²) in [6, 6.07) is 9.99. The van der Waals surface area contributed by atoms with Crippen LogP contribution in [0, 0.1) is 0 Å². The second-order valence-corrected chi connectivity index (χ2v) is 10.2. The Morgan fingerprint density at radius 1 is 1.11 bits per heavy atom. The number of benzene rings is 1. The number of aromatic nitrogens is 6. The summed E-state index contributed by atoms with van der Waals surface area (Å²) in [6.45, 7) is 4.21. The molecule has 0 bridgehead atoms. The quantitative estimate of drug-likeness (QED) is 0.369. The number of ether oxygens (including phenoxy) is 2. The van der Waals surface area contributed by atoms with E-state index < -0.39 is 0 Å². The van der Waals surface area contributed by atoms with Crippen molar-refractivity contribution in [1.29, 1.82) is 0 Å². The molecule has 1 aliphatic heterocycles. The molecule has 4 aromatic rings. The lowest BCUT2D eigenvalue weighted by Gasteiger charge is -2.32. The first-order valence-electron chi connectivity index (χ1n) is 13.6. The summed E-state index contributed by atoms with van der Waals surface area (Å²) in [5.41, 5.74) is 2.36. The molecule has 1 N–H and O–H groups in total. The van der Waals surface area contributed by atoms with Crippen LogP contribution in [-0.4, -0.2) is 48.3 Å². The Hall–Kier alpha value is -3.79. The second-order valence-electron chi connectivity index (χ2n) is 10.2. The average molecular weight is 516 g/mol. The number of nitrogens with one attached hydrogen (secondary N) is 1. The van der Waals surface area contributed by atoms with Gasteiger partial charge in [-0.25, -0.2) is 4.68 Å². The Kier molecular flexibility index (Phi) is 7.04. The van der Waals surface area contributed by atoms with E-state index in [4.69, 9.17) is 9.47 Å². The molecule has 0 spiro atoms. The van der Waals surface area contributed by atoms with Gasteiger partial charge in [0.2, 0.25) is 0 Å². The fraction of sp³-hybridized carbons (Fsp3) is 0.464. The predicted molar refractivity (Wildman–Crippen MR) is 142 cm³/mol. The van der Waals surface area contributed by atoms with Gasteiger partial charge in [0.15, 0.2) is 17.3 Å². The minimum Gasteiger partial charge on any atom is -0.486 e. The van der Waals surface area contributed by atoms with E-state index in [1.54, 1.807) is 6.20 Å². The van der Waals surface area contributed by atoms with Gasteiger partial charge in [-0.3, -0.25) is 14.7 Å². The van der Waals surface area contributed by atoms with Crippen LogP contribution >= 0.6 is 0 Å². The molecular weight excluding hydrogens is 482 g/mol. The number of nitrogens with zero attached hydrogens (tertiary/aromatic N) is 6. The molecule has 0 amide bonds. The van der Waals surface area contributed by atoms with Crippen molar-refractivity contribution in [2.75, 3.05) is 13.2 Å². The highest BCUT2D eigenvalue weighted by molar-refractivity contribution is 5.83. The molecule has 10 heteroatoms. The summed E-state index contributed by atoms with van der Waals surface area (Å²) >= 11 is 0. The largest absolute Gasteiger partial charge is 0.486 e. The molecule has 0 unspecified atom stereocenters. The number of aromatic amines is 1. The molecule has 6 rings (SSSR count). The van der Waals surface area contributed by atoms with Gasteiger partial charge in [0.1, 0.15) is 13.2 Å². The Morgan fingerprint density at radius 2 is 1.92 bits per heavy atom. The number of hydrogen-bond acceptors (Lipinski definition) is 8. The summed E-state index contributed by atoms with van der Waals surface area (Å²) in [6.07, 6.45) is 10.3. The molecule has 4 heterocycles. The van der Waals surface area contributed by atoms with Gasteiger partial charge in [0, 0.05) is 42.5 Å². The molecule has 1 aromatic carbocycles. The SMILES string of the molecule is CC[C@@H](c1nnnn1C1CCCCC1)N(Cc1cccnc1)Cc1cc2cc3c(cc2[nH]c1=O)OCCO3. The lowest BCUT2D eigenvalue weighted by Crippen LogP contribution is -2.33. The molecule has 3 aromatic heterocycles. The maximum absolute atomic E-state index is 13.3. The summed E-state index contributed by atoms with van der Waals surface area (Å²) in [5.74, 6) is 2.22. The van der Waals surface area contributed by atoms with E-state index in [1.165, 1.54) is 19.3 Å². The minimum atomic E-state index is -0.118. The normalized spacial score (nSPS) is 16.7. The van der Waals surface area contributed by atoms with Gasteiger partial charge >= 0.3 is 0 Å². The van der Waals surface area contributed by atoms with Crippen molar-refractivity contribution in [3.05, 3.63) is 70.0 Å². The van der Waals surface area contributed by atoms with E-state index >= 15 is 0 Å². The monoisotopic (exact) mass is 515 g/mol. The summed E-state index contributed by atoms with van der Waals surface area (Å²) < 4.78 is 13.5. The predicted octanol–water partition coefficient (Wildman–Crippen LogP) is 4.34.